The summed E-state index contributed by atoms with van der Waals surface area (Å²) in [5, 5.41) is 12.9. The third-order valence-corrected chi connectivity index (χ3v) is 5.41. The Kier molecular flexibility index (Phi) is 6.31. The van der Waals surface area contributed by atoms with Crippen molar-refractivity contribution >= 4 is 0 Å². The van der Waals surface area contributed by atoms with E-state index in [2.05, 4.69) is 24.1 Å². The Morgan fingerprint density at radius 3 is 2.25 bits per heavy atom. The Labute approximate surface area is 125 Å². The van der Waals surface area contributed by atoms with Crippen LogP contribution in [0.25, 0.3) is 0 Å². The fourth-order valence-corrected chi connectivity index (χ4v) is 4.09. The first kappa shape index (κ1) is 16.3. The molecule has 1 atom stereocenters. The van der Waals surface area contributed by atoms with Crippen LogP contribution in [0, 0.1) is 5.41 Å². The number of likely N-dealkylation sites (tertiary alicyclic amines) is 1. The van der Waals surface area contributed by atoms with Crippen LogP contribution in [-0.2, 0) is 0 Å². The van der Waals surface area contributed by atoms with E-state index in [0.717, 1.165) is 13.0 Å². The van der Waals surface area contributed by atoms with E-state index in [9.17, 15) is 5.11 Å². The lowest BCUT2D eigenvalue weighted by atomic mass is 9.68. The van der Waals surface area contributed by atoms with Crippen LogP contribution >= 0.6 is 0 Å². The van der Waals surface area contributed by atoms with E-state index >= 15 is 0 Å². The van der Waals surface area contributed by atoms with Gasteiger partial charge in [0.05, 0.1) is 6.61 Å². The van der Waals surface area contributed by atoms with Gasteiger partial charge in [0, 0.05) is 12.1 Å². The predicted octanol–water partition coefficient (Wildman–Crippen LogP) is 2.78. The fraction of sp³-hybridized carbons (Fsp3) is 1.00. The third kappa shape index (κ3) is 4.71. The molecular weight excluding hydrogens is 248 g/mol. The van der Waals surface area contributed by atoms with Crippen molar-refractivity contribution in [2.45, 2.75) is 77.3 Å². The van der Waals surface area contributed by atoms with E-state index < -0.39 is 0 Å². The van der Waals surface area contributed by atoms with Gasteiger partial charge in [-0.2, -0.15) is 0 Å². The zero-order valence-corrected chi connectivity index (χ0v) is 13.5. The monoisotopic (exact) mass is 282 g/mol. The SMILES string of the molecule is CC(C)NC(CO)CCN1CCC2(CCCCC2)CC1. The summed E-state index contributed by atoms with van der Waals surface area (Å²) in [6.07, 6.45) is 11.2. The number of piperidine rings is 1. The van der Waals surface area contributed by atoms with Crippen LogP contribution in [0.5, 0.6) is 0 Å². The Balaban J connectivity index is 1.68. The predicted molar refractivity (Wildman–Crippen MR) is 85.0 cm³/mol. The van der Waals surface area contributed by atoms with Crippen molar-refractivity contribution in [1.29, 1.82) is 0 Å². The highest BCUT2D eigenvalue weighted by Crippen LogP contribution is 2.44. The Hall–Kier alpha value is -0.120. The molecule has 3 heteroatoms. The molecule has 118 valence electrons. The van der Waals surface area contributed by atoms with Crippen molar-refractivity contribution < 1.29 is 5.11 Å². The zero-order valence-electron chi connectivity index (χ0n) is 13.5. The molecule has 2 N–H and O–H groups in total. The first-order valence-corrected chi connectivity index (χ1v) is 8.73. The lowest BCUT2D eigenvalue weighted by Gasteiger charge is -2.44. The summed E-state index contributed by atoms with van der Waals surface area (Å²) in [5.74, 6) is 0. The van der Waals surface area contributed by atoms with E-state index in [-0.39, 0.29) is 12.6 Å². The number of aliphatic hydroxyl groups excluding tert-OH is 1. The van der Waals surface area contributed by atoms with Gasteiger partial charge in [0.2, 0.25) is 0 Å². The third-order valence-electron chi connectivity index (χ3n) is 5.41. The molecule has 1 spiro atoms. The molecule has 20 heavy (non-hydrogen) atoms. The van der Waals surface area contributed by atoms with E-state index in [4.69, 9.17) is 0 Å². The second-order valence-electron chi connectivity index (χ2n) is 7.39. The van der Waals surface area contributed by atoms with Crippen LogP contribution in [-0.4, -0.2) is 48.3 Å². The van der Waals surface area contributed by atoms with Gasteiger partial charge in [-0.1, -0.05) is 33.1 Å². The van der Waals surface area contributed by atoms with Crippen LogP contribution in [0.1, 0.15) is 65.2 Å². The molecule has 1 saturated carbocycles. The zero-order chi connectivity index (χ0) is 14.4. The molecule has 2 aliphatic rings. The summed E-state index contributed by atoms with van der Waals surface area (Å²) >= 11 is 0. The maximum atomic E-state index is 9.42. The molecule has 1 unspecified atom stereocenters. The maximum Gasteiger partial charge on any atom is 0.0585 e. The molecule has 0 radical (unpaired) electrons. The van der Waals surface area contributed by atoms with Crippen molar-refractivity contribution in [3.8, 4) is 0 Å². The molecule has 0 aromatic carbocycles. The van der Waals surface area contributed by atoms with Crippen molar-refractivity contribution in [2.75, 3.05) is 26.2 Å². The van der Waals surface area contributed by atoms with Crippen LogP contribution in [0.15, 0.2) is 0 Å². The number of hydrogen-bond acceptors (Lipinski definition) is 3. The minimum absolute atomic E-state index is 0.260. The van der Waals surface area contributed by atoms with Crippen LogP contribution in [0.3, 0.4) is 0 Å². The van der Waals surface area contributed by atoms with Gasteiger partial charge in [0.15, 0.2) is 0 Å². The molecule has 2 rings (SSSR count). The van der Waals surface area contributed by atoms with E-state index in [0.29, 0.717) is 11.5 Å². The Bertz CT molecular complexity index is 264. The fourth-order valence-electron chi connectivity index (χ4n) is 4.09. The highest BCUT2D eigenvalue weighted by molar-refractivity contribution is 4.88. The van der Waals surface area contributed by atoms with Crippen LogP contribution < -0.4 is 5.32 Å². The van der Waals surface area contributed by atoms with Crippen molar-refractivity contribution in [3.05, 3.63) is 0 Å². The minimum atomic E-state index is 0.260. The van der Waals surface area contributed by atoms with Gasteiger partial charge in [0.25, 0.3) is 0 Å². The van der Waals surface area contributed by atoms with E-state index in [1.54, 1.807) is 0 Å². The van der Waals surface area contributed by atoms with Crippen LogP contribution in [0.2, 0.25) is 0 Å². The number of rotatable bonds is 6. The average molecular weight is 282 g/mol. The van der Waals surface area contributed by atoms with Gasteiger partial charge in [-0.05, 0) is 57.2 Å². The molecule has 3 nitrogen and oxygen atoms in total. The largest absolute Gasteiger partial charge is 0.395 e. The molecule has 1 heterocycles. The first-order valence-electron chi connectivity index (χ1n) is 8.73. The number of hydrogen-bond donors (Lipinski definition) is 2. The molecule has 2 fully saturated rings. The second kappa shape index (κ2) is 7.77. The Morgan fingerprint density at radius 2 is 1.70 bits per heavy atom. The van der Waals surface area contributed by atoms with Gasteiger partial charge in [-0.15, -0.1) is 0 Å². The number of nitrogens with one attached hydrogen (secondary N) is 1. The normalized spacial score (nSPS) is 25.2. The van der Waals surface area contributed by atoms with Gasteiger partial charge in [-0.25, -0.2) is 0 Å². The molecular formula is C17H34N2O. The quantitative estimate of drug-likeness (QED) is 0.786. The van der Waals surface area contributed by atoms with Gasteiger partial charge < -0.3 is 15.3 Å². The second-order valence-corrected chi connectivity index (χ2v) is 7.39. The van der Waals surface area contributed by atoms with Crippen molar-refractivity contribution in [3.63, 3.8) is 0 Å². The smallest absolute Gasteiger partial charge is 0.0585 e. The first-order chi connectivity index (χ1) is 9.63. The topological polar surface area (TPSA) is 35.5 Å². The number of aliphatic hydroxyl groups is 1. The summed E-state index contributed by atoms with van der Waals surface area (Å²) in [4.78, 5) is 2.62. The number of nitrogens with zero attached hydrogens (tertiary/aromatic N) is 1. The van der Waals surface area contributed by atoms with E-state index in [1.165, 1.54) is 58.0 Å². The highest BCUT2D eigenvalue weighted by Gasteiger charge is 2.35. The van der Waals surface area contributed by atoms with Gasteiger partial charge in [0.1, 0.15) is 0 Å². The van der Waals surface area contributed by atoms with E-state index in [1.807, 2.05) is 0 Å². The molecule has 1 aliphatic carbocycles. The van der Waals surface area contributed by atoms with Crippen molar-refractivity contribution in [1.82, 2.24) is 10.2 Å². The van der Waals surface area contributed by atoms with Gasteiger partial charge >= 0.3 is 0 Å². The van der Waals surface area contributed by atoms with Crippen molar-refractivity contribution in [2.24, 2.45) is 5.41 Å². The summed E-state index contributed by atoms with van der Waals surface area (Å²) in [5.41, 5.74) is 0.710. The summed E-state index contributed by atoms with van der Waals surface area (Å²) in [6, 6.07) is 0.722. The van der Waals surface area contributed by atoms with Gasteiger partial charge in [-0.3, -0.25) is 0 Å². The molecule has 1 saturated heterocycles. The highest BCUT2D eigenvalue weighted by atomic mass is 16.3. The summed E-state index contributed by atoms with van der Waals surface area (Å²) in [7, 11) is 0. The summed E-state index contributed by atoms with van der Waals surface area (Å²) < 4.78 is 0. The molecule has 0 amide bonds. The van der Waals surface area contributed by atoms with Crippen LogP contribution in [0.4, 0.5) is 0 Å². The molecule has 1 aliphatic heterocycles. The molecule has 0 aromatic rings. The molecule has 0 aromatic heterocycles. The minimum Gasteiger partial charge on any atom is -0.395 e. The lowest BCUT2D eigenvalue weighted by Crippen LogP contribution is -2.44. The lowest BCUT2D eigenvalue weighted by molar-refractivity contribution is 0.0641. The average Bonchev–Trinajstić information content (AvgIpc) is 2.46. The molecule has 0 bridgehead atoms. The maximum absolute atomic E-state index is 9.42. The summed E-state index contributed by atoms with van der Waals surface area (Å²) in [6.45, 7) is 8.25. The standard InChI is InChI=1S/C17H34N2O/c1-15(2)18-16(14-20)6-11-19-12-9-17(10-13-19)7-4-3-5-8-17/h15-16,18,20H,3-14H2,1-2H3. The Morgan fingerprint density at radius 1 is 1.05 bits per heavy atom.